The summed E-state index contributed by atoms with van der Waals surface area (Å²) in [5.74, 6) is 0.804. The first-order valence-electron chi connectivity index (χ1n) is 9.21. The minimum atomic E-state index is -3.46. The highest BCUT2D eigenvalue weighted by Gasteiger charge is 2.17. The van der Waals surface area contributed by atoms with Gasteiger partial charge in [-0.25, -0.2) is 23.4 Å². The molecule has 152 valence electrons. The number of nitrogens with one attached hydrogen (secondary N) is 1. The molecule has 0 unspecified atom stereocenters. The molecule has 0 aliphatic carbocycles. The lowest BCUT2D eigenvalue weighted by Gasteiger charge is -2.28. The van der Waals surface area contributed by atoms with Crippen LogP contribution in [0.4, 0.5) is 11.5 Å². The van der Waals surface area contributed by atoms with E-state index < -0.39 is 10.0 Å². The molecule has 0 atom stereocenters. The van der Waals surface area contributed by atoms with E-state index in [1.54, 1.807) is 25.5 Å². The molecule has 1 aromatic carbocycles. The van der Waals surface area contributed by atoms with Gasteiger partial charge in [0.15, 0.2) is 5.15 Å². The van der Waals surface area contributed by atoms with Crippen LogP contribution >= 0.6 is 11.6 Å². The van der Waals surface area contributed by atoms with Crippen molar-refractivity contribution in [1.82, 2.24) is 15.0 Å². The first-order chi connectivity index (χ1) is 14.0. The number of sulfonamides is 1. The molecule has 4 rings (SSSR count). The summed E-state index contributed by atoms with van der Waals surface area (Å²) in [4.78, 5) is 15.2. The quantitative estimate of drug-likeness (QED) is 0.617. The summed E-state index contributed by atoms with van der Waals surface area (Å²) in [5.41, 5.74) is 2.69. The van der Waals surface area contributed by atoms with Gasteiger partial charge >= 0.3 is 0 Å². The van der Waals surface area contributed by atoms with Crippen molar-refractivity contribution in [2.45, 2.75) is 6.92 Å². The summed E-state index contributed by atoms with van der Waals surface area (Å²) in [6.07, 6.45) is 3.18. The van der Waals surface area contributed by atoms with Crippen LogP contribution < -0.4 is 9.62 Å². The molecule has 0 saturated carbocycles. The number of pyridine rings is 1. The fraction of sp³-hybridized carbons (Fsp3) is 0.316. The van der Waals surface area contributed by atoms with Crippen LogP contribution in [0.5, 0.6) is 0 Å². The molecule has 1 aliphatic heterocycles. The number of hydrogen-bond acceptors (Lipinski definition) is 7. The number of morpholine rings is 1. The SMILES string of the molecule is CCS(=O)(=O)Nc1cc(-c2ccc3ncnc(N4CCOCC4)c3c2)cnc1Cl. The lowest BCUT2D eigenvalue weighted by Crippen LogP contribution is -2.36. The van der Waals surface area contributed by atoms with E-state index in [1.165, 1.54) is 0 Å². The van der Waals surface area contributed by atoms with Crippen molar-refractivity contribution in [1.29, 1.82) is 0 Å². The normalized spacial score (nSPS) is 14.9. The third-order valence-corrected chi connectivity index (χ3v) is 6.34. The molecule has 2 aromatic heterocycles. The van der Waals surface area contributed by atoms with Gasteiger partial charge in [0.1, 0.15) is 12.1 Å². The van der Waals surface area contributed by atoms with Gasteiger partial charge in [-0.3, -0.25) is 4.72 Å². The van der Waals surface area contributed by atoms with Crippen molar-refractivity contribution >= 4 is 44.0 Å². The lowest BCUT2D eigenvalue weighted by atomic mass is 10.0. The van der Waals surface area contributed by atoms with Gasteiger partial charge in [0.05, 0.1) is 30.2 Å². The molecule has 0 bridgehead atoms. The standard InChI is InChI=1S/C19H20ClN5O3S/c1-2-29(26,27)24-17-10-14(11-21-18(17)20)13-3-4-16-15(9-13)19(23-12-22-16)25-5-7-28-8-6-25/h3-4,9-12,24H,2,5-8H2,1H3. The number of anilines is 2. The Morgan fingerprint density at radius 3 is 2.69 bits per heavy atom. The first-order valence-corrected chi connectivity index (χ1v) is 11.2. The Morgan fingerprint density at radius 2 is 1.93 bits per heavy atom. The molecule has 1 fully saturated rings. The van der Waals surface area contributed by atoms with Crippen molar-refractivity contribution in [3.63, 3.8) is 0 Å². The predicted octanol–water partition coefficient (Wildman–Crippen LogP) is 2.94. The van der Waals surface area contributed by atoms with Gasteiger partial charge in [-0.15, -0.1) is 0 Å². The molecule has 1 aliphatic rings. The fourth-order valence-electron chi connectivity index (χ4n) is 3.17. The van der Waals surface area contributed by atoms with E-state index in [2.05, 4.69) is 24.6 Å². The van der Waals surface area contributed by atoms with E-state index in [-0.39, 0.29) is 16.6 Å². The highest BCUT2D eigenvalue weighted by Crippen LogP contribution is 2.31. The second-order valence-corrected chi connectivity index (χ2v) is 8.97. The van der Waals surface area contributed by atoms with E-state index in [4.69, 9.17) is 16.3 Å². The number of rotatable bonds is 5. The Balaban J connectivity index is 1.76. The highest BCUT2D eigenvalue weighted by atomic mass is 35.5. The number of halogens is 1. The predicted molar refractivity (Wildman–Crippen MR) is 114 cm³/mol. The van der Waals surface area contributed by atoms with Crippen LogP contribution in [0.15, 0.2) is 36.8 Å². The van der Waals surface area contributed by atoms with Crippen molar-refractivity contribution in [3.05, 3.63) is 41.9 Å². The zero-order valence-corrected chi connectivity index (χ0v) is 17.4. The van der Waals surface area contributed by atoms with Crippen molar-refractivity contribution < 1.29 is 13.2 Å². The fourth-order valence-corrected chi connectivity index (χ4v) is 4.01. The zero-order valence-electron chi connectivity index (χ0n) is 15.8. The van der Waals surface area contributed by atoms with E-state index in [9.17, 15) is 8.42 Å². The van der Waals surface area contributed by atoms with Gasteiger partial charge in [-0.1, -0.05) is 17.7 Å². The summed E-state index contributed by atoms with van der Waals surface area (Å²) in [6.45, 7) is 4.41. The second kappa shape index (κ2) is 8.10. The number of ether oxygens (including phenoxy) is 1. The summed E-state index contributed by atoms with van der Waals surface area (Å²) < 4.78 is 31.8. The first kappa shape index (κ1) is 19.8. The molecule has 0 spiro atoms. The van der Waals surface area contributed by atoms with Gasteiger partial charge in [0.2, 0.25) is 10.0 Å². The molecule has 1 saturated heterocycles. The average Bonchev–Trinajstić information content (AvgIpc) is 2.75. The Bertz CT molecular complexity index is 1150. The Labute approximate surface area is 174 Å². The lowest BCUT2D eigenvalue weighted by molar-refractivity contribution is 0.122. The Hall–Kier alpha value is -2.49. The van der Waals surface area contributed by atoms with Crippen LogP contribution in [0, 0.1) is 0 Å². The molecule has 29 heavy (non-hydrogen) atoms. The number of hydrogen-bond donors (Lipinski definition) is 1. The van der Waals surface area contributed by atoms with Gasteiger partial charge in [0, 0.05) is 30.2 Å². The average molecular weight is 434 g/mol. The molecular formula is C19H20ClN5O3S. The highest BCUT2D eigenvalue weighted by molar-refractivity contribution is 7.92. The topological polar surface area (TPSA) is 97.3 Å². The Morgan fingerprint density at radius 1 is 1.14 bits per heavy atom. The number of fused-ring (bicyclic) bond motifs is 1. The minimum absolute atomic E-state index is 0.0518. The van der Waals surface area contributed by atoms with Gasteiger partial charge in [-0.2, -0.15) is 0 Å². The largest absolute Gasteiger partial charge is 0.378 e. The van der Waals surface area contributed by atoms with Gasteiger partial charge < -0.3 is 9.64 Å². The molecule has 8 nitrogen and oxygen atoms in total. The molecule has 10 heteroatoms. The maximum absolute atomic E-state index is 11.9. The summed E-state index contributed by atoms with van der Waals surface area (Å²) in [6, 6.07) is 7.51. The van der Waals surface area contributed by atoms with Gasteiger partial charge in [0.25, 0.3) is 0 Å². The third-order valence-electron chi connectivity index (χ3n) is 4.74. The minimum Gasteiger partial charge on any atom is -0.378 e. The van der Waals surface area contributed by atoms with E-state index >= 15 is 0 Å². The third kappa shape index (κ3) is 4.26. The van der Waals surface area contributed by atoms with Crippen molar-refractivity contribution in [3.8, 4) is 11.1 Å². The molecule has 0 amide bonds. The molecular weight excluding hydrogens is 414 g/mol. The maximum Gasteiger partial charge on any atom is 0.232 e. The monoisotopic (exact) mass is 433 g/mol. The summed E-state index contributed by atoms with van der Waals surface area (Å²) in [7, 11) is -3.46. The van der Waals surface area contributed by atoms with Gasteiger partial charge in [-0.05, 0) is 30.7 Å². The van der Waals surface area contributed by atoms with Crippen LogP contribution in [-0.4, -0.2) is 55.4 Å². The smallest absolute Gasteiger partial charge is 0.232 e. The van der Waals surface area contributed by atoms with E-state index in [0.717, 1.165) is 40.9 Å². The van der Waals surface area contributed by atoms with Crippen molar-refractivity contribution in [2.24, 2.45) is 0 Å². The zero-order chi connectivity index (χ0) is 20.4. The van der Waals surface area contributed by atoms with Crippen LogP contribution in [0.2, 0.25) is 5.15 Å². The molecule has 0 radical (unpaired) electrons. The Kier molecular flexibility index (Phi) is 5.53. The maximum atomic E-state index is 11.9. The molecule has 3 aromatic rings. The van der Waals surface area contributed by atoms with Crippen LogP contribution in [-0.2, 0) is 14.8 Å². The number of benzene rings is 1. The summed E-state index contributed by atoms with van der Waals surface area (Å²) >= 11 is 6.09. The van der Waals surface area contributed by atoms with Crippen LogP contribution in [0.25, 0.3) is 22.0 Å². The number of nitrogens with zero attached hydrogens (tertiary/aromatic N) is 4. The molecule has 1 N–H and O–H groups in total. The number of aromatic nitrogens is 3. The van der Waals surface area contributed by atoms with Crippen LogP contribution in [0.1, 0.15) is 6.92 Å². The second-order valence-electron chi connectivity index (χ2n) is 6.60. The summed E-state index contributed by atoms with van der Waals surface area (Å²) in [5, 5.41) is 1.02. The van der Waals surface area contributed by atoms with E-state index in [1.807, 2.05) is 18.2 Å². The van der Waals surface area contributed by atoms with Crippen LogP contribution in [0.3, 0.4) is 0 Å². The van der Waals surface area contributed by atoms with Crippen molar-refractivity contribution in [2.75, 3.05) is 41.7 Å². The van der Waals surface area contributed by atoms with E-state index in [0.29, 0.717) is 13.2 Å². The molecule has 3 heterocycles.